The summed E-state index contributed by atoms with van der Waals surface area (Å²) in [5.41, 5.74) is 51.2. The van der Waals surface area contributed by atoms with Gasteiger partial charge in [0.15, 0.2) is 29.0 Å². The molecule has 0 atom stereocenters. The molecule has 0 spiro atoms. The van der Waals surface area contributed by atoms with E-state index in [2.05, 4.69) is 102 Å². The molecule has 4 aliphatic rings. The number of nitrogens with one attached hydrogen (secondary N) is 2. The summed E-state index contributed by atoms with van der Waals surface area (Å²) in [6.45, 7) is 11.6. The summed E-state index contributed by atoms with van der Waals surface area (Å²) in [4.78, 5) is 75.8. The van der Waals surface area contributed by atoms with Crippen molar-refractivity contribution in [2.45, 2.75) is 116 Å². The summed E-state index contributed by atoms with van der Waals surface area (Å²) in [5, 5.41) is 31.6. The first-order valence-electron chi connectivity index (χ1n) is 44.3. The van der Waals surface area contributed by atoms with E-state index in [4.69, 9.17) is 98.4 Å². The maximum absolute atomic E-state index is 12.1. The van der Waals surface area contributed by atoms with Crippen LogP contribution in [0.15, 0.2) is 237 Å². The van der Waals surface area contributed by atoms with Crippen molar-refractivity contribution < 1.29 is 4.57 Å². The number of fused-ring (bicyclic) bond motifs is 5. The Morgan fingerprint density at radius 1 is 0.430 bits per heavy atom. The minimum atomic E-state index is -0.245. The van der Waals surface area contributed by atoms with Gasteiger partial charge in [0.25, 0.3) is 11.4 Å². The molecule has 0 aliphatic heterocycles. The van der Waals surface area contributed by atoms with Crippen LogP contribution in [0.5, 0.6) is 0 Å². The monoisotopic (exact) mass is 1840 g/mol. The predicted molar refractivity (Wildman–Crippen MR) is 529 cm³/mol. The molecule has 24 rings (SSSR count). The van der Waals surface area contributed by atoms with Crippen molar-refractivity contribution in [2.75, 3.05) is 28.7 Å². The van der Waals surface area contributed by atoms with E-state index >= 15 is 0 Å². The number of benzene rings is 5. The van der Waals surface area contributed by atoms with Gasteiger partial charge in [0, 0.05) is 130 Å². The van der Waals surface area contributed by atoms with Gasteiger partial charge < -0.3 is 33.7 Å². The first-order chi connectivity index (χ1) is 65.5. The van der Waals surface area contributed by atoms with E-state index in [1.54, 1.807) is 55.6 Å². The number of nitrogens with two attached hydrogens (primary N) is 5. The maximum atomic E-state index is 12.1. The molecular weight excluding hydrogens is 1760 g/mol. The Bertz CT molecular complexity index is 8020. The van der Waals surface area contributed by atoms with Crippen molar-refractivity contribution in [1.82, 2.24) is 119 Å². The third-order valence-corrected chi connectivity index (χ3v) is 25.1. The lowest BCUT2D eigenvalue weighted by molar-refractivity contribution is -0.599. The van der Waals surface area contributed by atoms with Gasteiger partial charge >= 0.3 is 5.82 Å². The van der Waals surface area contributed by atoms with Crippen LogP contribution in [0.1, 0.15) is 140 Å². The molecule has 0 amide bonds. The van der Waals surface area contributed by atoms with E-state index in [1.165, 1.54) is 12.8 Å². The highest BCUT2D eigenvalue weighted by atomic mass is 35.5. The molecule has 20 aromatic rings. The van der Waals surface area contributed by atoms with Crippen LogP contribution in [0, 0.1) is 20.8 Å². The minimum Gasteiger partial charge on any atom is -0.382 e. The van der Waals surface area contributed by atoms with E-state index in [1.807, 2.05) is 198 Å². The summed E-state index contributed by atoms with van der Waals surface area (Å²) < 4.78 is 8.82. The average Bonchev–Trinajstić information content (AvgIpc) is 1.73. The average molecular weight is 1850 g/mol. The molecule has 0 saturated heterocycles. The maximum Gasteiger partial charge on any atom is 0.356 e. The molecule has 4 saturated carbocycles. The zero-order valence-corrected chi connectivity index (χ0v) is 76.4. The number of aromatic nitrogens is 25. The van der Waals surface area contributed by atoms with Crippen LogP contribution < -0.4 is 38.8 Å². The number of hydrogen-bond donors (Lipinski definition) is 7. The highest BCUT2D eigenvalue weighted by molar-refractivity contribution is 6.36. The molecule has 670 valence electrons. The van der Waals surface area contributed by atoms with Crippen molar-refractivity contribution in [3.05, 3.63) is 303 Å². The second-order valence-electron chi connectivity index (χ2n) is 34.1. The molecule has 4 aliphatic carbocycles. The fraction of sp³-hybridized carbons (Fsp3) is 0.188. The molecule has 12 N–H and O–H groups in total. The third kappa shape index (κ3) is 18.0. The lowest BCUT2D eigenvalue weighted by Crippen LogP contribution is -2.32. The van der Waals surface area contributed by atoms with Gasteiger partial charge in [-0.2, -0.15) is 25.5 Å². The summed E-state index contributed by atoms with van der Waals surface area (Å²) in [7, 11) is 1.82. The summed E-state index contributed by atoms with van der Waals surface area (Å²) in [5.74, 6) is 6.49. The number of aryl methyl sites for hydroxylation is 4. The van der Waals surface area contributed by atoms with Gasteiger partial charge in [-0.15, -0.1) is 0 Å². The van der Waals surface area contributed by atoms with Gasteiger partial charge in [0.2, 0.25) is 0 Å². The Labute approximate surface area is 788 Å². The number of halogens is 3. The molecule has 31 nitrogen and oxygen atoms in total. The van der Waals surface area contributed by atoms with Crippen molar-refractivity contribution in [2.24, 2.45) is 7.05 Å². The molecular formula is C101H90Cl3N30O+. The van der Waals surface area contributed by atoms with Crippen LogP contribution in [-0.2, 0) is 7.05 Å². The number of H-pyrrole nitrogens is 2. The van der Waals surface area contributed by atoms with Crippen LogP contribution in [0.4, 0.5) is 29.1 Å². The van der Waals surface area contributed by atoms with Crippen LogP contribution >= 0.6 is 34.8 Å². The molecule has 4 fully saturated rings. The third-order valence-electron chi connectivity index (χ3n) is 24.3. The molecule has 15 heterocycles. The first-order valence-corrected chi connectivity index (χ1v) is 45.4. The molecule has 0 bridgehead atoms. The van der Waals surface area contributed by atoms with Gasteiger partial charge in [-0.05, 0) is 216 Å². The second-order valence-corrected chi connectivity index (χ2v) is 35.4. The number of nitrogen functional groups attached to an aromatic ring is 5. The van der Waals surface area contributed by atoms with Gasteiger partial charge in [0.05, 0.1) is 101 Å². The van der Waals surface area contributed by atoms with E-state index < -0.39 is 0 Å². The topological polar surface area (TPSA) is 434 Å². The fourth-order valence-electron chi connectivity index (χ4n) is 16.6. The lowest BCUT2D eigenvalue weighted by Gasteiger charge is -2.26. The standard InChI is InChI=1S/C21H20N6.C21H18N5.C20H17ClN6O.C20H17ClN6.C19H18ClN7/c1-13-9-11-27(26-13)21-19(24-18(20(22)25-21)14-4-2-5-14)16-7-8-17-15(12-16)6-3-10-23-17;22-20-18(14-6-7-14)24-19(21(25-20)26-11-2-1-3-12-26)16-8-9-17-15(13-16)5-4-10-23-17;1-10(2)16-19(22)25-18(14-5-7-27(3)26-14)17(24-16)12-8-11-4-6-23-20(28)15(11)13(21)9-12;1-11-6-8-27(26-11)20-18(24-17(12-4-5-12)19(22)25-20)14-9-13-3-2-7-23-16(13)15(21)10-14;1-10-5-6-27(26-10)19-17(23-16(18(21)24-19)11-3-2-4-11)12-7-13-9-22-25-15(13)14(20)8-12/h3,6-12,14H,2,4-5H2,1H3,(H2,22,25);1-5,8-14H,6-7H2,(H2,22,25);4-9H,1H2,2-3H3,(H2,22,25)(H,23,28);2-3,6-10,12H,4-5H2,1H3,(H2,22,25);5-9,11H,2-4H2,1H3,(H2,21,24)(H,22,25)/q;+1;;;. The zero-order chi connectivity index (χ0) is 93.0. The van der Waals surface area contributed by atoms with E-state index in [0.29, 0.717) is 124 Å². The SMILES string of the molecule is C=C(C)c1nc(-c2cc(Cl)c3c(=O)[nH]ccc3c2)c(-c2ccn(C)n2)nc1N.Cc1ccn(-c2nc(N)c(C3CC3)nc2-c2cc(Cl)c3ncccc3c2)n1.Cc1ccn(-c2nc(N)c(C3CCC3)nc2-c2cc(Cl)c3[nH]ncc3c2)n1.Cc1ccn(-c2nc(N)c(C3CCC3)nc2-c2ccc3ncccc3c2)n1.Nc1nc(-[n+]2ccccc2)c(-c2ccc3ncccc3c2)nc1C1CC1. The summed E-state index contributed by atoms with van der Waals surface area (Å²) in [6, 6.07) is 51.0. The van der Waals surface area contributed by atoms with Crippen LogP contribution in [0.2, 0.25) is 15.1 Å². The first kappa shape index (κ1) is 87.0. The quantitative estimate of drug-likeness (QED) is 0.0469. The lowest BCUT2D eigenvalue weighted by atomic mass is 9.82. The molecule has 0 radical (unpaired) electrons. The highest BCUT2D eigenvalue weighted by Gasteiger charge is 2.35. The minimum absolute atomic E-state index is 0.245. The summed E-state index contributed by atoms with van der Waals surface area (Å²) >= 11 is 19.4. The van der Waals surface area contributed by atoms with Gasteiger partial charge in [-0.3, -0.25) is 29.5 Å². The van der Waals surface area contributed by atoms with Crippen LogP contribution in [0.3, 0.4) is 0 Å². The molecule has 34 heteroatoms. The van der Waals surface area contributed by atoms with Crippen LogP contribution in [-0.4, -0.2) is 119 Å². The van der Waals surface area contributed by atoms with Gasteiger partial charge in [-0.25, -0.2) is 63.5 Å². The number of rotatable bonds is 15. The number of aromatic amines is 2. The van der Waals surface area contributed by atoms with Crippen LogP contribution in [0.25, 0.3) is 151 Å². The molecule has 5 aromatic carbocycles. The highest BCUT2D eigenvalue weighted by Crippen LogP contribution is 2.47. The zero-order valence-electron chi connectivity index (χ0n) is 74.2. The normalized spacial score (nSPS) is 13.6. The van der Waals surface area contributed by atoms with Gasteiger partial charge in [-0.1, -0.05) is 90.6 Å². The molecule has 15 aromatic heterocycles. The number of pyridine rings is 5. The van der Waals surface area contributed by atoms with Gasteiger partial charge in [0.1, 0.15) is 57.3 Å². The number of anilines is 5. The number of allylic oxidation sites excluding steroid dienone is 1. The Kier molecular flexibility index (Phi) is 23.6. The number of nitrogens with zero attached hydrogens (tertiary/aromatic N) is 23. The Hall–Kier alpha value is -16.0. The van der Waals surface area contributed by atoms with E-state index in [-0.39, 0.29) is 11.4 Å². The van der Waals surface area contributed by atoms with Crippen molar-refractivity contribution in [3.8, 4) is 90.9 Å². The fourth-order valence-corrected chi connectivity index (χ4v) is 17.5. The summed E-state index contributed by atoms with van der Waals surface area (Å²) in [6.07, 6.45) is 31.4. The molecule has 0 unspecified atom stereocenters. The van der Waals surface area contributed by atoms with Crippen molar-refractivity contribution >= 4 is 124 Å². The smallest absolute Gasteiger partial charge is 0.356 e. The Morgan fingerprint density at radius 3 is 1.40 bits per heavy atom. The van der Waals surface area contributed by atoms with E-state index in [0.717, 1.165) is 186 Å². The second kappa shape index (κ2) is 36.6. The number of hydrogen-bond acceptors (Lipinski definition) is 24. The molecule has 135 heavy (non-hydrogen) atoms. The Morgan fingerprint density at radius 2 is 0.896 bits per heavy atom. The Balaban J connectivity index is 0.000000105. The van der Waals surface area contributed by atoms with Crippen molar-refractivity contribution in [1.29, 1.82) is 0 Å². The predicted octanol–water partition coefficient (Wildman–Crippen LogP) is 19.4. The largest absolute Gasteiger partial charge is 0.382 e. The van der Waals surface area contributed by atoms with E-state index in [9.17, 15) is 4.79 Å². The van der Waals surface area contributed by atoms with Crippen molar-refractivity contribution in [3.63, 3.8) is 0 Å².